The Kier molecular flexibility index (Phi) is 3.73. The second-order valence-corrected chi connectivity index (χ2v) is 5.45. The molecule has 2 aromatic rings. The Morgan fingerprint density at radius 3 is 2.90 bits per heavy atom. The molecule has 1 fully saturated rings. The molecule has 0 bridgehead atoms. The van der Waals surface area contributed by atoms with Crippen molar-refractivity contribution in [3.05, 3.63) is 35.8 Å². The maximum atomic E-state index is 12.2. The Balaban J connectivity index is 2.03. The molecule has 1 N–H and O–H groups in total. The molecule has 1 atom stereocenters. The number of aromatic amines is 1. The molecular formula is C16H20N4O. The first kappa shape index (κ1) is 13.8. The average molecular weight is 284 g/mol. The molecule has 1 aliphatic rings. The van der Waals surface area contributed by atoms with Gasteiger partial charge in [0.15, 0.2) is 0 Å². The van der Waals surface area contributed by atoms with Gasteiger partial charge in [0, 0.05) is 42.2 Å². The minimum Gasteiger partial charge on any atom is -0.336 e. The fourth-order valence-electron chi connectivity index (χ4n) is 3.14. The van der Waals surface area contributed by atoms with Crippen LogP contribution in [0.2, 0.25) is 0 Å². The predicted molar refractivity (Wildman–Crippen MR) is 80.5 cm³/mol. The molecule has 3 rings (SSSR count). The van der Waals surface area contributed by atoms with E-state index in [1.54, 1.807) is 12.4 Å². The van der Waals surface area contributed by atoms with Gasteiger partial charge in [-0.1, -0.05) is 6.92 Å². The van der Waals surface area contributed by atoms with Crippen LogP contribution in [0.4, 0.5) is 0 Å². The van der Waals surface area contributed by atoms with Gasteiger partial charge in [-0.2, -0.15) is 5.10 Å². The summed E-state index contributed by atoms with van der Waals surface area (Å²) < 4.78 is 0. The normalized spacial score (nSPS) is 18.2. The molecule has 0 aromatic carbocycles. The van der Waals surface area contributed by atoms with E-state index in [1.165, 1.54) is 0 Å². The fourth-order valence-corrected chi connectivity index (χ4v) is 3.14. The number of H-pyrrole nitrogens is 1. The van der Waals surface area contributed by atoms with Crippen LogP contribution in [0.5, 0.6) is 0 Å². The van der Waals surface area contributed by atoms with E-state index in [-0.39, 0.29) is 11.9 Å². The summed E-state index contributed by atoms with van der Waals surface area (Å²) in [6.45, 7) is 4.79. The third kappa shape index (κ3) is 2.44. The number of pyridine rings is 1. The highest BCUT2D eigenvalue weighted by Gasteiger charge is 2.33. The van der Waals surface area contributed by atoms with Crippen LogP contribution in [-0.2, 0) is 4.79 Å². The predicted octanol–water partition coefficient (Wildman–Crippen LogP) is 2.85. The molecule has 0 unspecified atom stereocenters. The Morgan fingerprint density at radius 1 is 1.43 bits per heavy atom. The Labute approximate surface area is 124 Å². The highest BCUT2D eigenvalue weighted by Crippen LogP contribution is 2.38. The molecule has 1 aliphatic heterocycles. The number of nitrogens with one attached hydrogen (secondary N) is 1. The van der Waals surface area contributed by atoms with Crippen molar-refractivity contribution in [2.24, 2.45) is 0 Å². The lowest BCUT2D eigenvalue weighted by molar-refractivity contribution is -0.131. The van der Waals surface area contributed by atoms with Gasteiger partial charge < -0.3 is 4.90 Å². The lowest BCUT2D eigenvalue weighted by Gasteiger charge is -2.25. The lowest BCUT2D eigenvalue weighted by atomic mass is 9.98. The molecule has 3 heterocycles. The van der Waals surface area contributed by atoms with Crippen LogP contribution in [-0.4, -0.2) is 32.5 Å². The van der Waals surface area contributed by atoms with E-state index >= 15 is 0 Å². The molecular weight excluding hydrogens is 264 g/mol. The summed E-state index contributed by atoms with van der Waals surface area (Å²) in [5.41, 5.74) is 4.18. The molecule has 21 heavy (non-hydrogen) atoms. The summed E-state index contributed by atoms with van der Waals surface area (Å²) in [6, 6.07) is 4.06. The third-order valence-electron chi connectivity index (χ3n) is 4.16. The number of likely N-dealkylation sites (tertiary alicyclic amines) is 1. The maximum Gasteiger partial charge on any atom is 0.222 e. The monoisotopic (exact) mass is 284 g/mol. The van der Waals surface area contributed by atoms with Crippen molar-refractivity contribution in [1.29, 1.82) is 0 Å². The zero-order valence-corrected chi connectivity index (χ0v) is 12.5. The first-order chi connectivity index (χ1) is 10.2. The van der Waals surface area contributed by atoms with Crippen LogP contribution in [0.1, 0.15) is 43.5 Å². The summed E-state index contributed by atoms with van der Waals surface area (Å²) in [6.07, 6.45) is 6.15. The topological polar surface area (TPSA) is 61.9 Å². The van der Waals surface area contributed by atoms with E-state index in [9.17, 15) is 4.79 Å². The second kappa shape index (κ2) is 5.68. The van der Waals surface area contributed by atoms with Crippen LogP contribution in [0, 0.1) is 6.92 Å². The van der Waals surface area contributed by atoms with Gasteiger partial charge in [0.2, 0.25) is 5.91 Å². The average Bonchev–Trinajstić information content (AvgIpc) is 3.13. The van der Waals surface area contributed by atoms with Crippen molar-refractivity contribution in [3.8, 4) is 11.3 Å². The van der Waals surface area contributed by atoms with Crippen molar-refractivity contribution < 1.29 is 4.79 Å². The molecule has 110 valence electrons. The minimum absolute atomic E-state index is 0.138. The number of amides is 1. The van der Waals surface area contributed by atoms with Gasteiger partial charge in [-0.25, -0.2) is 0 Å². The van der Waals surface area contributed by atoms with Crippen molar-refractivity contribution in [2.75, 3.05) is 6.54 Å². The van der Waals surface area contributed by atoms with E-state index in [0.717, 1.165) is 41.9 Å². The first-order valence-corrected chi connectivity index (χ1v) is 7.47. The highest BCUT2D eigenvalue weighted by molar-refractivity contribution is 5.77. The number of hydrogen-bond donors (Lipinski definition) is 1. The molecule has 2 aromatic heterocycles. The van der Waals surface area contributed by atoms with Crippen molar-refractivity contribution in [1.82, 2.24) is 20.1 Å². The number of aryl methyl sites for hydroxylation is 1. The summed E-state index contributed by atoms with van der Waals surface area (Å²) in [4.78, 5) is 18.2. The van der Waals surface area contributed by atoms with Crippen LogP contribution in [0.3, 0.4) is 0 Å². The van der Waals surface area contributed by atoms with Crippen LogP contribution < -0.4 is 0 Å². The van der Waals surface area contributed by atoms with Crippen LogP contribution in [0.15, 0.2) is 24.5 Å². The zero-order valence-electron chi connectivity index (χ0n) is 12.5. The first-order valence-electron chi connectivity index (χ1n) is 7.47. The standard InChI is InChI=1S/C16H20N4O/c1-3-14(21)20-10-4-5-13(20)15-11(2)18-19-16(15)12-6-8-17-9-7-12/h6-9,13H,3-5,10H2,1-2H3,(H,18,19)/t13-/m0/s1. The summed E-state index contributed by atoms with van der Waals surface area (Å²) in [7, 11) is 0. The van der Waals surface area contributed by atoms with E-state index < -0.39 is 0 Å². The summed E-state index contributed by atoms with van der Waals surface area (Å²) in [5.74, 6) is 0.221. The summed E-state index contributed by atoms with van der Waals surface area (Å²) in [5, 5.41) is 7.54. The highest BCUT2D eigenvalue weighted by atomic mass is 16.2. The van der Waals surface area contributed by atoms with Gasteiger partial charge in [-0.15, -0.1) is 0 Å². The van der Waals surface area contributed by atoms with Gasteiger partial charge in [0.25, 0.3) is 0 Å². The molecule has 0 radical (unpaired) electrons. The molecule has 0 saturated carbocycles. The van der Waals surface area contributed by atoms with Gasteiger partial charge in [0.1, 0.15) is 0 Å². The fraction of sp³-hybridized carbons (Fsp3) is 0.438. The molecule has 1 saturated heterocycles. The SMILES string of the molecule is CCC(=O)N1CCC[C@H]1c1c(-c2ccncc2)n[nH]c1C. The van der Waals surface area contributed by atoms with Crippen molar-refractivity contribution >= 4 is 5.91 Å². The number of carbonyl (C=O) groups excluding carboxylic acids is 1. The Morgan fingerprint density at radius 2 is 2.19 bits per heavy atom. The van der Waals surface area contributed by atoms with E-state index in [1.807, 2.05) is 30.9 Å². The van der Waals surface area contributed by atoms with Gasteiger partial charge in [0.05, 0.1) is 11.7 Å². The van der Waals surface area contributed by atoms with Crippen LogP contribution >= 0.6 is 0 Å². The molecule has 5 heteroatoms. The zero-order chi connectivity index (χ0) is 14.8. The number of rotatable bonds is 3. The number of nitrogens with zero attached hydrogens (tertiary/aromatic N) is 3. The number of hydrogen-bond acceptors (Lipinski definition) is 3. The lowest BCUT2D eigenvalue weighted by Crippen LogP contribution is -2.30. The number of aromatic nitrogens is 3. The van der Waals surface area contributed by atoms with Crippen molar-refractivity contribution in [2.45, 2.75) is 39.2 Å². The van der Waals surface area contributed by atoms with Gasteiger partial charge >= 0.3 is 0 Å². The van der Waals surface area contributed by atoms with Gasteiger partial charge in [-0.05, 0) is 31.9 Å². The third-order valence-corrected chi connectivity index (χ3v) is 4.16. The minimum atomic E-state index is 0.138. The largest absolute Gasteiger partial charge is 0.336 e. The Hall–Kier alpha value is -2.17. The van der Waals surface area contributed by atoms with Crippen molar-refractivity contribution in [3.63, 3.8) is 0 Å². The molecule has 0 spiro atoms. The molecule has 0 aliphatic carbocycles. The maximum absolute atomic E-state index is 12.2. The summed E-state index contributed by atoms with van der Waals surface area (Å²) >= 11 is 0. The second-order valence-electron chi connectivity index (χ2n) is 5.45. The number of carbonyl (C=O) groups is 1. The quantitative estimate of drug-likeness (QED) is 0.942. The molecule has 1 amide bonds. The van der Waals surface area contributed by atoms with E-state index in [4.69, 9.17) is 0 Å². The van der Waals surface area contributed by atoms with E-state index in [0.29, 0.717) is 6.42 Å². The van der Waals surface area contributed by atoms with Gasteiger partial charge in [-0.3, -0.25) is 14.9 Å². The van der Waals surface area contributed by atoms with Crippen LogP contribution in [0.25, 0.3) is 11.3 Å². The smallest absolute Gasteiger partial charge is 0.222 e. The Bertz CT molecular complexity index is 635. The molecule has 5 nitrogen and oxygen atoms in total. The van der Waals surface area contributed by atoms with E-state index in [2.05, 4.69) is 15.2 Å².